The molecule has 0 bridgehead atoms. The average Bonchev–Trinajstić information content (AvgIpc) is 3.49. The van der Waals surface area contributed by atoms with Gasteiger partial charge in [-0.05, 0) is 29.3 Å². The molecule has 1 N–H and O–H groups in total. The van der Waals surface area contributed by atoms with Gasteiger partial charge >= 0.3 is 0 Å². The van der Waals surface area contributed by atoms with Crippen molar-refractivity contribution in [3.05, 3.63) is 76.3 Å². The van der Waals surface area contributed by atoms with Gasteiger partial charge in [0.15, 0.2) is 11.9 Å². The monoisotopic (exact) mass is 443 g/mol. The van der Waals surface area contributed by atoms with E-state index in [0.29, 0.717) is 12.2 Å². The van der Waals surface area contributed by atoms with E-state index in [-0.39, 0.29) is 0 Å². The maximum atomic E-state index is 11.8. The number of nitrogens with one attached hydrogen (secondary N) is 1. The smallest absolute Gasteiger partial charge is 0.167 e. The van der Waals surface area contributed by atoms with Crippen LogP contribution in [0.3, 0.4) is 0 Å². The molecule has 0 aliphatic rings. The lowest BCUT2D eigenvalue weighted by Crippen LogP contribution is -2.11. The average molecular weight is 444 g/mol. The zero-order chi connectivity index (χ0) is 22.1. The van der Waals surface area contributed by atoms with Crippen LogP contribution in [0.15, 0.2) is 54.0 Å². The molecule has 5 rings (SSSR count). The van der Waals surface area contributed by atoms with Crippen LogP contribution in [0.25, 0.3) is 21.3 Å². The number of H-pyrrole nitrogens is 1. The number of thiazole rings is 1. The molecule has 0 amide bonds. The number of aldehydes is 1. The van der Waals surface area contributed by atoms with Gasteiger partial charge in [-0.3, -0.25) is 19.9 Å². The van der Waals surface area contributed by atoms with E-state index in [1.54, 1.807) is 29.9 Å². The number of hydrogen-bond donors (Lipinski definition) is 1. The zero-order valence-electron chi connectivity index (χ0n) is 17.7. The van der Waals surface area contributed by atoms with Crippen LogP contribution in [0.2, 0.25) is 0 Å². The molecule has 32 heavy (non-hydrogen) atoms. The second-order valence-corrected chi connectivity index (χ2v) is 8.66. The van der Waals surface area contributed by atoms with E-state index in [4.69, 9.17) is 4.98 Å². The molecular formula is C23H21N7OS. The van der Waals surface area contributed by atoms with Gasteiger partial charge in [0.2, 0.25) is 0 Å². The maximum Gasteiger partial charge on any atom is 0.167 e. The van der Waals surface area contributed by atoms with E-state index < -0.39 is 0 Å². The molecule has 9 heteroatoms. The molecule has 0 fully saturated rings. The third-order valence-corrected chi connectivity index (χ3v) is 6.51. The summed E-state index contributed by atoms with van der Waals surface area (Å²) in [7, 11) is 3.78. The van der Waals surface area contributed by atoms with Gasteiger partial charge in [0.05, 0.1) is 34.9 Å². The van der Waals surface area contributed by atoms with Gasteiger partial charge in [-0.25, -0.2) is 4.98 Å². The summed E-state index contributed by atoms with van der Waals surface area (Å²) in [6.45, 7) is 0.621. The molecule has 5 aromatic rings. The highest BCUT2D eigenvalue weighted by Crippen LogP contribution is 2.30. The van der Waals surface area contributed by atoms with Crippen molar-refractivity contribution in [3.8, 4) is 0 Å². The fourth-order valence-electron chi connectivity index (χ4n) is 3.80. The minimum absolute atomic E-state index is 0.572. The second-order valence-electron chi connectivity index (χ2n) is 7.58. The molecule has 160 valence electrons. The minimum Gasteiger partial charge on any atom is -0.325 e. The van der Waals surface area contributed by atoms with Gasteiger partial charge in [0.1, 0.15) is 5.01 Å². The van der Waals surface area contributed by atoms with Gasteiger partial charge in [-0.2, -0.15) is 10.2 Å². The van der Waals surface area contributed by atoms with E-state index in [1.165, 1.54) is 0 Å². The number of pyridine rings is 1. The largest absolute Gasteiger partial charge is 0.325 e. The highest BCUT2D eigenvalue weighted by Gasteiger charge is 2.18. The third kappa shape index (κ3) is 3.67. The Kier molecular flexibility index (Phi) is 5.24. The SMILES string of the molecule is CN(Cc1cccc2[nH]ncc12)/N=C\c1c(C=O)n(C)c2nc(Cc3ccncc3)sc12. The molecule has 0 unspecified atom stereocenters. The first-order valence-corrected chi connectivity index (χ1v) is 10.9. The number of aromatic amines is 1. The fraction of sp³-hybridized carbons (Fsp3) is 0.174. The number of carbonyl (C=O) groups excluding carboxylic acids is 1. The van der Waals surface area contributed by atoms with E-state index in [1.807, 2.05) is 54.1 Å². The number of rotatable bonds is 7. The molecule has 4 heterocycles. The summed E-state index contributed by atoms with van der Waals surface area (Å²) in [4.78, 5) is 20.7. The van der Waals surface area contributed by atoms with E-state index in [9.17, 15) is 4.79 Å². The Morgan fingerprint density at radius 3 is 2.91 bits per heavy atom. The Hall–Kier alpha value is -3.85. The third-order valence-electron chi connectivity index (χ3n) is 5.43. The van der Waals surface area contributed by atoms with Gasteiger partial charge in [-0.1, -0.05) is 12.1 Å². The minimum atomic E-state index is 0.572. The van der Waals surface area contributed by atoms with Gasteiger partial charge in [0.25, 0.3) is 0 Å². The predicted octanol–water partition coefficient (Wildman–Crippen LogP) is 3.78. The molecule has 0 saturated heterocycles. The zero-order valence-corrected chi connectivity index (χ0v) is 18.5. The van der Waals surface area contributed by atoms with Crippen LogP contribution in [0.4, 0.5) is 0 Å². The number of benzene rings is 1. The summed E-state index contributed by atoms with van der Waals surface area (Å²) in [6, 6.07) is 10.0. The lowest BCUT2D eigenvalue weighted by Gasteiger charge is -2.13. The first-order valence-electron chi connectivity index (χ1n) is 10.1. The lowest BCUT2D eigenvalue weighted by atomic mass is 10.1. The van der Waals surface area contributed by atoms with Gasteiger partial charge in [0, 0.05) is 43.9 Å². The van der Waals surface area contributed by atoms with Crippen molar-refractivity contribution < 1.29 is 4.79 Å². The summed E-state index contributed by atoms with van der Waals surface area (Å²) in [6.07, 6.45) is 8.75. The van der Waals surface area contributed by atoms with Crippen LogP contribution in [0.5, 0.6) is 0 Å². The van der Waals surface area contributed by atoms with Crippen molar-refractivity contribution in [1.29, 1.82) is 0 Å². The standard InChI is InChI=1S/C23H21N7OS/c1-29(13-16-4-3-5-19-17(16)11-25-28-19)26-12-18-20(14-31)30(2)23-22(18)32-21(27-23)10-15-6-8-24-9-7-15/h3-9,11-12,14H,10,13H2,1-2H3,(H,25,28)/b26-12-. The van der Waals surface area contributed by atoms with Crippen molar-refractivity contribution in [2.24, 2.45) is 12.1 Å². The number of fused-ring (bicyclic) bond motifs is 2. The number of hydrazone groups is 1. The molecule has 0 saturated carbocycles. The maximum absolute atomic E-state index is 11.8. The lowest BCUT2D eigenvalue weighted by molar-refractivity contribution is 0.111. The summed E-state index contributed by atoms with van der Waals surface area (Å²) in [5.41, 5.74) is 5.44. The molecule has 0 spiro atoms. The Labute approximate surface area is 188 Å². The Morgan fingerprint density at radius 2 is 2.09 bits per heavy atom. The fourth-order valence-corrected chi connectivity index (χ4v) is 4.95. The van der Waals surface area contributed by atoms with E-state index >= 15 is 0 Å². The highest BCUT2D eigenvalue weighted by atomic mass is 32.1. The summed E-state index contributed by atoms with van der Waals surface area (Å²) >= 11 is 1.59. The van der Waals surface area contributed by atoms with Crippen molar-refractivity contribution in [3.63, 3.8) is 0 Å². The summed E-state index contributed by atoms with van der Waals surface area (Å²) < 4.78 is 2.80. The summed E-state index contributed by atoms with van der Waals surface area (Å²) in [5, 5.41) is 15.7. The molecule has 8 nitrogen and oxygen atoms in total. The highest BCUT2D eigenvalue weighted by molar-refractivity contribution is 7.19. The predicted molar refractivity (Wildman–Crippen MR) is 126 cm³/mol. The molecule has 4 aromatic heterocycles. The molecule has 0 radical (unpaired) electrons. The van der Waals surface area contributed by atoms with Crippen LogP contribution in [-0.2, 0) is 20.0 Å². The number of carbonyl (C=O) groups is 1. The number of nitrogens with zero attached hydrogens (tertiary/aromatic N) is 6. The Morgan fingerprint density at radius 1 is 1.25 bits per heavy atom. The van der Waals surface area contributed by atoms with Gasteiger partial charge in [-0.15, -0.1) is 11.3 Å². The summed E-state index contributed by atoms with van der Waals surface area (Å²) in [5.74, 6) is 0. The van der Waals surface area contributed by atoms with Crippen molar-refractivity contribution in [2.45, 2.75) is 13.0 Å². The topological polar surface area (TPSA) is 92.1 Å². The van der Waals surface area contributed by atoms with Crippen LogP contribution in [-0.4, -0.2) is 49.3 Å². The number of hydrogen-bond acceptors (Lipinski definition) is 7. The Bertz CT molecular complexity index is 1430. The van der Waals surface area contributed by atoms with Crippen LogP contribution < -0.4 is 0 Å². The first kappa shape index (κ1) is 20.1. The number of aryl methyl sites for hydroxylation is 1. The normalized spacial score (nSPS) is 11.7. The molecule has 0 atom stereocenters. The van der Waals surface area contributed by atoms with Crippen molar-refractivity contribution >= 4 is 45.1 Å². The van der Waals surface area contributed by atoms with Gasteiger partial charge < -0.3 is 4.57 Å². The Balaban J connectivity index is 1.43. The van der Waals surface area contributed by atoms with Crippen LogP contribution in [0.1, 0.15) is 32.2 Å². The number of aromatic nitrogens is 5. The first-order chi connectivity index (χ1) is 15.6. The van der Waals surface area contributed by atoms with Crippen molar-refractivity contribution in [1.82, 2.24) is 29.7 Å². The second kappa shape index (κ2) is 8.35. The molecule has 0 aliphatic heterocycles. The van der Waals surface area contributed by atoms with Crippen molar-refractivity contribution in [2.75, 3.05) is 7.05 Å². The van der Waals surface area contributed by atoms with Crippen LogP contribution >= 0.6 is 11.3 Å². The quantitative estimate of drug-likeness (QED) is 0.235. The van der Waals surface area contributed by atoms with E-state index in [2.05, 4.69) is 26.3 Å². The molecule has 1 aromatic carbocycles. The molecular weight excluding hydrogens is 422 g/mol. The van der Waals surface area contributed by atoms with E-state index in [0.717, 1.165) is 55.7 Å². The van der Waals surface area contributed by atoms with Crippen LogP contribution in [0, 0.1) is 0 Å². The molecule has 0 aliphatic carbocycles.